The quantitative estimate of drug-likeness (QED) is 0.589. The van der Waals surface area contributed by atoms with Crippen LogP contribution in [-0.2, 0) is 30.4 Å². The Morgan fingerprint density at radius 2 is 1.67 bits per heavy atom. The Morgan fingerprint density at radius 3 is 2.37 bits per heavy atom. The molecule has 2 fully saturated rings. The normalized spacial score (nSPS) is 24.4. The van der Waals surface area contributed by atoms with E-state index in [9.17, 15) is 9.59 Å². The van der Waals surface area contributed by atoms with Gasteiger partial charge in [-0.15, -0.1) is 0 Å². The highest BCUT2D eigenvalue weighted by Crippen LogP contribution is 2.47. The molecular formula is C24H26O6. The van der Waals surface area contributed by atoms with Crippen molar-refractivity contribution in [3.63, 3.8) is 0 Å². The van der Waals surface area contributed by atoms with Crippen LogP contribution in [0.25, 0.3) is 0 Å². The lowest BCUT2D eigenvalue weighted by molar-refractivity contribution is -0.153. The molecule has 30 heavy (non-hydrogen) atoms. The van der Waals surface area contributed by atoms with E-state index >= 15 is 0 Å². The van der Waals surface area contributed by atoms with Crippen molar-refractivity contribution in [3.8, 4) is 5.75 Å². The van der Waals surface area contributed by atoms with E-state index in [0.717, 1.165) is 18.4 Å². The maximum absolute atomic E-state index is 12.7. The topological polar surface area (TPSA) is 71.1 Å². The third-order valence-electron chi connectivity index (χ3n) is 5.73. The van der Waals surface area contributed by atoms with Gasteiger partial charge in [-0.1, -0.05) is 48.5 Å². The van der Waals surface area contributed by atoms with Crippen LogP contribution >= 0.6 is 0 Å². The largest absolute Gasteiger partial charge is 0.482 e. The fraction of sp³-hybridized carbons (Fsp3) is 0.417. The second kappa shape index (κ2) is 9.76. The van der Waals surface area contributed by atoms with Gasteiger partial charge in [0, 0.05) is 12.3 Å². The summed E-state index contributed by atoms with van der Waals surface area (Å²) in [5, 5.41) is 0. The molecule has 2 aliphatic rings. The summed E-state index contributed by atoms with van der Waals surface area (Å²) in [7, 11) is 0. The van der Waals surface area contributed by atoms with Crippen molar-refractivity contribution in [2.45, 2.75) is 38.1 Å². The monoisotopic (exact) mass is 410 g/mol. The van der Waals surface area contributed by atoms with E-state index in [1.165, 1.54) is 0 Å². The fourth-order valence-electron chi connectivity index (χ4n) is 4.05. The van der Waals surface area contributed by atoms with Crippen molar-refractivity contribution >= 4 is 11.9 Å². The van der Waals surface area contributed by atoms with Crippen LogP contribution in [0.2, 0.25) is 0 Å². The highest BCUT2D eigenvalue weighted by Gasteiger charge is 2.53. The van der Waals surface area contributed by atoms with Crippen molar-refractivity contribution in [2.24, 2.45) is 11.8 Å². The summed E-state index contributed by atoms with van der Waals surface area (Å²) in [6, 6.07) is 18.7. The molecule has 0 N–H and O–H groups in total. The molecule has 1 aliphatic heterocycles. The number of benzene rings is 2. The molecule has 0 spiro atoms. The number of rotatable bonds is 9. The number of carbonyl (C=O) groups is 2. The van der Waals surface area contributed by atoms with Gasteiger partial charge in [0.25, 0.3) is 0 Å². The van der Waals surface area contributed by atoms with Crippen LogP contribution in [0.3, 0.4) is 0 Å². The molecule has 4 unspecified atom stereocenters. The van der Waals surface area contributed by atoms with Crippen molar-refractivity contribution < 1.29 is 28.5 Å². The highest BCUT2D eigenvalue weighted by atomic mass is 16.6. The van der Waals surface area contributed by atoms with Gasteiger partial charge in [-0.3, -0.25) is 4.79 Å². The van der Waals surface area contributed by atoms with Crippen molar-refractivity contribution in [1.29, 1.82) is 0 Å². The van der Waals surface area contributed by atoms with Crippen LogP contribution in [-0.4, -0.2) is 37.4 Å². The van der Waals surface area contributed by atoms with E-state index in [1.54, 1.807) is 12.1 Å². The molecule has 2 aromatic rings. The molecule has 4 atom stereocenters. The van der Waals surface area contributed by atoms with E-state index in [0.29, 0.717) is 12.2 Å². The molecule has 1 heterocycles. The van der Waals surface area contributed by atoms with Gasteiger partial charge in [0.2, 0.25) is 0 Å². The van der Waals surface area contributed by atoms with Crippen LogP contribution in [0.1, 0.15) is 24.8 Å². The Bertz CT molecular complexity index is 837. The molecule has 1 aliphatic carbocycles. The van der Waals surface area contributed by atoms with Crippen LogP contribution in [0.15, 0.2) is 60.7 Å². The number of para-hydroxylation sites is 1. The zero-order valence-electron chi connectivity index (χ0n) is 16.8. The lowest BCUT2D eigenvalue weighted by atomic mass is 9.74. The molecule has 0 aromatic heterocycles. The van der Waals surface area contributed by atoms with Crippen LogP contribution < -0.4 is 4.74 Å². The molecule has 6 nitrogen and oxygen atoms in total. The van der Waals surface area contributed by atoms with Gasteiger partial charge in [0.15, 0.2) is 6.61 Å². The minimum atomic E-state index is -0.442. The van der Waals surface area contributed by atoms with E-state index in [2.05, 4.69) is 0 Å². The minimum Gasteiger partial charge on any atom is -0.482 e. The molecule has 0 bridgehead atoms. The van der Waals surface area contributed by atoms with Gasteiger partial charge < -0.3 is 18.9 Å². The summed E-state index contributed by atoms with van der Waals surface area (Å²) >= 11 is 0. The van der Waals surface area contributed by atoms with Crippen molar-refractivity contribution in [3.05, 3.63) is 66.2 Å². The predicted molar refractivity (Wildman–Crippen MR) is 109 cm³/mol. The van der Waals surface area contributed by atoms with Crippen LogP contribution in [0.4, 0.5) is 0 Å². The smallest absolute Gasteiger partial charge is 0.344 e. The van der Waals surface area contributed by atoms with E-state index < -0.39 is 5.97 Å². The minimum absolute atomic E-state index is 0.112. The molecule has 0 radical (unpaired) electrons. The molecule has 1 saturated carbocycles. The number of ether oxygens (including phenoxy) is 4. The van der Waals surface area contributed by atoms with Crippen molar-refractivity contribution in [2.75, 3.05) is 13.2 Å². The maximum Gasteiger partial charge on any atom is 0.344 e. The molecule has 0 amide bonds. The Morgan fingerprint density at radius 1 is 0.933 bits per heavy atom. The average molecular weight is 410 g/mol. The first-order chi connectivity index (χ1) is 14.7. The van der Waals surface area contributed by atoms with E-state index in [1.807, 2.05) is 48.5 Å². The summed E-state index contributed by atoms with van der Waals surface area (Å²) in [4.78, 5) is 24.7. The first-order valence-electron chi connectivity index (χ1n) is 10.4. The van der Waals surface area contributed by atoms with Gasteiger partial charge >= 0.3 is 11.9 Å². The maximum atomic E-state index is 12.7. The Labute approximate surface area is 176 Å². The lowest BCUT2D eigenvalue weighted by Crippen LogP contribution is -2.36. The average Bonchev–Trinajstić information content (AvgIpc) is 3.02. The van der Waals surface area contributed by atoms with Gasteiger partial charge in [0.1, 0.15) is 12.4 Å². The Kier molecular flexibility index (Phi) is 6.64. The van der Waals surface area contributed by atoms with Crippen molar-refractivity contribution in [1.82, 2.24) is 0 Å². The van der Waals surface area contributed by atoms with Gasteiger partial charge in [-0.05, 0) is 30.5 Å². The first kappa shape index (κ1) is 20.4. The molecule has 2 aromatic carbocycles. The number of hydrogen-bond acceptors (Lipinski definition) is 6. The first-order valence-corrected chi connectivity index (χ1v) is 10.4. The molecule has 1 saturated heterocycles. The fourth-order valence-corrected chi connectivity index (χ4v) is 4.05. The SMILES string of the molecule is O=C(COc1ccccc1)OCCC1OC2CCC2C1C(=O)OCc1ccccc1. The van der Waals surface area contributed by atoms with Crippen LogP contribution in [0.5, 0.6) is 5.75 Å². The summed E-state index contributed by atoms with van der Waals surface area (Å²) in [6.07, 6.45) is 2.23. The predicted octanol–water partition coefficient (Wildman–Crippen LogP) is 3.54. The highest BCUT2D eigenvalue weighted by molar-refractivity contribution is 5.74. The third kappa shape index (κ3) is 5.00. The number of carbonyl (C=O) groups excluding carboxylic acids is 2. The second-order valence-electron chi connectivity index (χ2n) is 7.68. The van der Waals surface area contributed by atoms with E-state index in [4.69, 9.17) is 18.9 Å². The standard InChI is InChI=1S/C24H26O6/c25-22(16-28-18-9-5-2-6-10-18)27-14-13-21-23(19-11-12-20(19)30-21)24(26)29-15-17-7-3-1-4-8-17/h1-10,19-21,23H,11-16H2. The van der Waals surface area contributed by atoms with E-state index in [-0.39, 0.29) is 49.8 Å². The third-order valence-corrected chi connectivity index (χ3v) is 5.73. The lowest BCUT2D eigenvalue weighted by Gasteiger charge is -2.30. The van der Waals surface area contributed by atoms with Gasteiger partial charge in [-0.2, -0.15) is 0 Å². The zero-order chi connectivity index (χ0) is 20.8. The Hall–Kier alpha value is -2.86. The Balaban J connectivity index is 1.23. The number of hydrogen-bond donors (Lipinski definition) is 0. The van der Waals surface area contributed by atoms with Crippen LogP contribution in [0, 0.1) is 11.8 Å². The summed E-state index contributed by atoms with van der Waals surface area (Å²) in [5.41, 5.74) is 0.957. The van der Waals surface area contributed by atoms with Gasteiger partial charge in [0.05, 0.1) is 24.7 Å². The zero-order valence-corrected chi connectivity index (χ0v) is 16.8. The summed E-state index contributed by atoms with van der Waals surface area (Å²) < 4.78 is 22.3. The molecule has 158 valence electrons. The second-order valence-corrected chi connectivity index (χ2v) is 7.68. The summed E-state index contributed by atoms with van der Waals surface area (Å²) in [6.45, 7) is 0.291. The summed E-state index contributed by atoms with van der Waals surface area (Å²) in [5.74, 6) is -0.147. The van der Waals surface area contributed by atoms with Gasteiger partial charge in [-0.25, -0.2) is 4.79 Å². The molecular weight excluding hydrogens is 384 g/mol. The molecule has 6 heteroatoms. The number of esters is 2. The number of fused-ring (bicyclic) bond motifs is 1. The molecule has 4 rings (SSSR count).